The van der Waals surface area contributed by atoms with Crippen molar-refractivity contribution in [3.05, 3.63) is 64.2 Å². The fourth-order valence-electron chi connectivity index (χ4n) is 2.42. The molecule has 2 rings (SSSR count). The molecule has 1 N–H and O–H groups in total. The van der Waals surface area contributed by atoms with Crippen molar-refractivity contribution in [3.63, 3.8) is 0 Å². The zero-order valence-corrected chi connectivity index (χ0v) is 13.6. The summed E-state index contributed by atoms with van der Waals surface area (Å²) in [6.45, 7) is 5.12. The Bertz CT molecular complexity index is 580. The monoisotopic (exact) mass is 303 g/mol. The first kappa shape index (κ1) is 15.9. The zero-order valence-electron chi connectivity index (χ0n) is 12.8. The van der Waals surface area contributed by atoms with Gasteiger partial charge in [0.15, 0.2) is 0 Å². The van der Waals surface area contributed by atoms with Crippen molar-refractivity contribution < 1.29 is 4.74 Å². The molecule has 1 unspecified atom stereocenters. The summed E-state index contributed by atoms with van der Waals surface area (Å²) >= 11 is 6.41. The normalized spacial score (nSPS) is 12.2. The van der Waals surface area contributed by atoms with E-state index in [9.17, 15) is 0 Å². The summed E-state index contributed by atoms with van der Waals surface area (Å²) in [5, 5.41) is 4.26. The first-order valence-corrected chi connectivity index (χ1v) is 7.64. The van der Waals surface area contributed by atoms with Gasteiger partial charge in [0.1, 0.15) is 5.75 Å². The van der Waals surface area contributed by atoms with E-state index in [1.165, 1.54) is 11.1 Å². The molecule has 0 bridgehead atoms. The van der Waals surface area contributed by atoms with Gasteiger partial charge in [0.25, 0.3) is 0 Å². The molecule has 1 atom stereocenters. The number of benzene rings is 2. The van der Waals surface area contributed by atoms with Crippen LogP contribution in [-0.2, 0) is 6.42 Å². The second-order valence-electron chi connectivity index (χ2n) is 5.19. The molecule has 0 fully saturated rings. The van der Waals surface area contributed by atoms with Crippen LogP contribution in [0.4, 0.5) is 0 Å². The van der Waals surface area contributed by atoms with E-state index >= 15 is 0 Å². The molecule has 0 amide bonds. The van der Waals surface area contributed by atoms with Crippen LogP contribution in [0.15, 0.2) is 42.5 Å². The van der Waals surface area contributed by atoms with Crippen molar-refractivity contribution in [3.8, 4) is 5.75 Å². The lowest BCUT2D eigenvalue weighted by Gasteiger charge is -2.20. The van der Waals surface area contributed by atoms with Crippen LogP contribution in [-0.4, -0.2) is 13.7 Å². The van der Waals surface area contributed by atoms with Gasteiger partial charge in [-0.25, -0.2) is 0 Å². The van der Waals surface area contributed by atoms with Gasteiger partial charge in [0.05, 0.1) is 7.11 Å². The Balaban J connectivity index is 2.24. The standard InChI is InChI=1S/C18H22ClNO/c1-4-20-18(11-14-7-5-13(2)6-8-14)16-10-9-15(21-3)12-17(16)19/h5-10,12,18,20H,4,11H2,1-3H3. The topological polar surface area (TPSA) is 21.3 Å². The maximum atomic E-state index is 6.41. The van der Waals surface area contributed by atoms with E-state index in [2.05, 4.69) is 43.4 Å². The number of likely N-dealkylation sites (N-methyl/N-ethyl adjacent to an activating group) is 1. The van der Waals surface area contributed by atoms with Crippen molar-refractivity contribution in [2.45, 2.75) is 26.3 Å². The van der Waals surface area contributed by atoms with Crippen molar-refractivity contribution in [1.29, 1.82) is 0 Å². The van der Waals surface area contributed by atoms with E-state index in [0.29, 0.717) is 0 Å². The summed E-state index contributed by atoms with van der Waals surface area (Å²) in [5.74, 6) is 0.786. The van der Waals surface area contributed by atoms with Gasteiger partial charge in [-0.2, -0.15) is 0 Å². The van der Waals surface area contributed by atoms with Crippen LogP contribution in [0.5, 0.6) is 5.75 Å². The highest BCUT2D eigenvalue weighted by Gasteiger charge is 2.15. The summed E-state index contributed by atoms with van der Waals surface area (Å²) in [5.41, 5.74) is 3.69. The first-order valence-electron chi connectivity index (χ1n) is 7.26. The minimum atomic E-state index is 0.205. The number of nitrogens with one attached hydrogen (secondary N) is 1. The zero-order chi connectivity index (χ0) is 15.2. The van der Waals surface area contributed by atoms with Crippen LogP contribution in [0.1, 0.15) is 29.7 Å². The van der Waals surface area contributed by atoms with Crippen molar-refractivity contribution in [2.75, 3.05) is 13.7 Å². The molecule has 0 aliphatic rings. The summed E-state index contributed by atoms with van der Waals surface area (Å²) in [6.07, 6.45) is 0.917. The second-order valence-corrected chi connectivity index (χ2v) is 5.59. The number of aryl methyl sites for hydroxylation is 1. The number of hydrogen-bond donors (Lipinski definition) is 1. The maximum absolute atomic E-state index is 6.41. The van der Waals surface area contributed by atoms with Crippen molar-refractivity contribution >= 4 is 11.6 Å². The largest absolute Gasteiger partial charge is 0.497 e. The molecule has 0 radical (unpaired) electrons. The van der Waals surface area contributed by atoms with Crippen LogP contribution < -0.4 is 10.1 Å². The molecule has 0 aliphatic heterocycles. The number of hydrogen-bond acceptors (Lipinski definition) is 2. The summed E-state index contributed by atoms with van der Waals surface area (Å²) in [6, 6.07) is 14.7. The first-order chi connectivity index (χ1) is 10.1. The Labute approximate surface area is 132 Å². The van der Waals surface area contributed by atoms with Crippen LogP contribution in [0.3, 0.4) is 0 Å². The molecule has 112 valence electrons. The van der Waals surface area contributed by atoms with Gasteiger partial charge in [0.2, 0.25) is 0 Å². The predicted molar refractivity (Wildman–Crippen MR) is 89.3 cm³/mol. The molecule has 0 aromatic heterocycles. The number of rotatable bonds is 6. The minimum absolute atomic E-state index is 0.205. The lowest BCUT2D eigenvalue weighted by molar-refractivity contribution is 0.414. The quantitative estimate of drug-likeness (QED) is 0.845. The average Bonchev–Trinajstić information content (AvgIpc) is 2.49. The molecule has 2 aromatic rings. The van der Waals surface area contributed by atoms with Crippen LogP contribution in [0, 0.1) is 6.92 Å². The fraction of sp³-hybridized carbons (Fsp3) is 0.333. The number of halogens is 1. The van der Waals surface area contributed by atoms with Crippen LogP contribution in [0.2, 0.25) is 5.02 Å². The van der Waals surface area contributed by atoms with E-state index in [4.69, 9.17) is 16.3 Å². The average molecular weight is 304 g/mol. The lowest BCUT2D eigenvalue weighted by atomic mass is 9.98. The van der Waals surface area contributed by atoms with Gasteiger partial charge in [-0.15, -0.1) is 0 Å². The Morgan fingerprint density at radius 3 is 2.43 bits per heavy atom. The molecule has 21 heavy (non-hydrogen) atoms. The summed E-state index contributed by atoms with van der Waals surface area (Å²) < 4.78 is 5.22. The smallest absolute Gasteiger partial charge is 0.120 e. The number of ether oxygens (including phenoxy) is 1. The third kappa shape index (κ3) is 4.23. The van der Waals surface area contributed by atoms with Gasteiger partial charge in [-0.05, 0) is 43.1 Å². The molecule has 0 aliphatic carbocycles. The SMILES string of the molecule is CCNC(Cc1ccc(C)cc1)c1ccc(OC)cc1Cl. The number of methoxy groups -OCH3 is 1. The van der Waals surface area contributed by atoms with Crippen molar-refractivity contribution in [2.24, 2.45) is 0 Å². The lowest BCUT2D eigenvalue weighted by Crippen LogP contribution is -2.23. The predicted octanol–water partition coefficient (Wildman–Crippen LogP) is 4.55. The molecule has 0 saturated heterocycles. The molecular formula is C18H22ClNO. The molecule has 0 saturated carbocycles. The molecule has 0 spiro atoms. The van der Waals surface area contributed by atoms with Crippen LogP contribution >= 0.6 is 11.6 Å². The third-order valence-corrected chi connectivity index (χ3v) is 3.92. The van der Waals surface area contributed by atoms with Gasteiger partial charge < -0.3 is 10.1 Å². The Morgan fingerprint density at radius 2 is 1.86 bits per heavy atom. The highest BCUT2D eigenvalue weighted by Crippen LogP contribution is 2.29. The fourth-order valence-corrected chi connectivity index (χ4v) is 2.72. The van der Waals surface area contributed by atoms with E-state index < -0.39 is 0 Å². The van der Waals surface area contributed by atoms with Gasteiger partial charge in [-0.1, -0.05) is 54.4 Å². The Kier molecular flexibility index (Phi) is 5.66. The van der Waals surface area contributed by atoms with Gasteiger partial charge in [0, 0.05) is 11.1 Å². The molecule has 0 heterocycles. The molecule has 2 nitrogen and oxygen atoms in total. The van der Waals surface area contributed by atoms with E-state index in [0.717, 1.165) is 29.3 Å². The van der Waals surface area contributed by atoms with E-state index in [1.54, 1.807) is 7.11 Å². The summed E-state index contributed by atoms with van der Waals surface area (Å²) in [7, 11) is 1.65. The van der Waals surface area contributed by atoms with E-state index in [-0.39, 0.29) is 6.04 Å². The van der Waals surface area contributed by atoms with Gasteiger partial charge >= 0.3 is 0 Å². The molecule has 2 aromatic carbocycles. The van der Waals surface area contributed by atoms with Crippen LogP contribution in [0.25, 0.3) is 0 Å². The van der Waals surface area contributed by atoms with E-state index in [1.807, 2.05) is 18.2 Å². The Morgan fingerprint density at radius 1 is 1.14 bits per heavy atom. The van der Waals surface area contributed by atoms with Crippen molar-refractivity contribution in [1.82, 2.24) is 5.32 Å². The highest BCUT2D eigenvalue weighted by molar-refractivity contribution is 6.31. The molecule has 3 heteroatoms. The third-order valence-electron chi connectivity index (χ3n) is 3.59. The second kappa shape index (κ2) is 7.48. The maximum Gasteiger partial charge on any atom is 0.120 e. The van der Waals surface area contributed by atoms with Gasteiger partial charge in [-0.3, -0.25) is 0 Å². The molecular weight excluding hydrogens is 282 g/mol. The summed E-state index contributed by atoms with van der Waals surface area (Å²) in [4.78, 5) is 0. The highest BCUT2D eigenvalue weighted by atomic mass is 35.5. The Hall–Kier alpha value is -1.51. The minimum Gasteiger partial charge on any atom is -0.497 e.